The summed E-state index contributed by atoms with van der Waals surface area (Å²) in [5.74, 6) is 1.13. The van der Waals surface area contributed by atoms with E-state index in [-0.39, 0.29) is 0 Å². The van der Waals surface area contributed by atoms with Gasteiger partial charge in [-0.05, 0) is 86.0 Å². The highest BCUT2D eigenvalue weighted by molar-refractivity contribution is 6.21. The molecule has 0 atom stereocenters. The van der Waals surface area contributed by atoms with E-state index in [1.54, 1.807) is 0 Å². The summed E-state index contributed by atoms with van der Waals surface area (Å²) in [4.78, 5) is 4.98. The normalized spacial score (nSPS) is 12.6. The number of hydrogen-bond donors (Lipinski definition) is 0. The van der Waals surface area contributed by atoms with E-state index < -0.39 is 0 Å². The smallest absolute Gasteiger partial charge is 0.113 e. The van der Waals surface area contributed by atoms with E-state index in [0.717, 1.165) is 25.1 Å². The minimum absolute atomic E-state index is 0.908. The summed E-state index contributed by atoms with van der Waals surface area (Å²) in [7, 11) is 0. The largest absolute Gasteiger partial charge is 0.297 e. The number of imidazole rings is 1. The fourth-order valence-electron chi connectivity index (χ4n) is 6.81. The fourth-order valence-corrected chi connectivity index (χ4v) is 6.81. The third-order valence-corrected chi connectivity index (χ3v) is 8.82. The lowest BCUT2D eigenvalue weighted by Crippen LogP contribution is -2.03. The molecule has 206 valence electrons. The second-order valence-electron chi connectivity index (χ2n) is 11.3. The van der Waals surface area contributed by atoms with Crippen molar-refractivity contribution in [2.24, 2.45) is 0 Å². The molecule has 6 aromatic carbocycles. The van der Waals surface area contributed by atoms with Crippen molar-refractivity contribution < 1.29 is 0 Å². The Bertz CT molecular complexity index is 2070. The molecule has 1 aliphatic rings. The number of rotatable bonds is 5. The third-order valence-electron chi connectivity index (χ3n) is 8.82. The van der Waals surface area contributed by atoms with Crippen LogP contribution in [0.5, 0.6) is 0 Å². The highest BCUT2D eigenvalue weighted by atomic mass is 15.1. The molecule has 0 fully saturated rings. The highest BCUT2D eigenvalue weighted by Crippen LogP contribution is 2.44. The molecule has 43 heavy (non-hydrogen) atoms. The summed E-state index contributed by atoms with van der Waals surface area (Å²) >= 11 is 0. The van der Waals surface area contributed by atoms with Gasteiger partial charge in [0.25, 0.3) is 0 Å². The van der Waals surface area contributed by atoms with Crippen LogP contribution in [0.15, 0.2) is 133 Å². The molecular weight excluding hydrogens is 520 g/mol. The molecule has 0 spiro atoms. The maximum atomic E-state index is 4.98. The van der Waals surface area contributed by atoms with Gasteiger partial charge in [-0.1, -0.05) is 128 Å². The second kappa shape index (κ2) is 10.6. The summed E-state index contributed by atoms with van der Waals surface area (Å²) in [5, 5.41) is 5.09. The molecule has 0 aliphatic heterocycles. The van der Waals surface area contributed by atoms with E-state index in [1.807, 2.05) is 0 Å². The number of benzene rings is 6. The predicted octanol–water partition coefficient (Wildman–Crippen LogP) is 10.7. The Morgan fingerprint density at radius 2 is 1.05 bits per heavy atom. The molecule has 1 aliphatic carbocycles. The molecule has 2 nitrogen and oxygen atoms in total. The number of nitrogens with zero attached hydrogens (tertiary/aromatic N) is 2. The Hall–Kier alpha value is -5.21. The van der Waals surface area contributed by atoms with Crippen LogP contribution in [0.25, 0.3) is 66.7 Å². The van der Waals surface area contributed by atoms with E-state index >= 15 is 0 Å². The molecule has 0 radical (unpaired) electrons. The molecule has 8 rings (SSSR count). The average molecular weight is 553 g/mol. The molecule has 0 bridgehead atoms. The summed E-state index contributed by atoms with van der Waals surface area (Å²) in [6.45, 7) is 2.19. The van der Waals surface area contributed by atoms with Gasteiger partial charge in [0.1, 0.15) is 5.82 Å². The summed E-state index contributed by atoms with van der Waals surface area (Å²) in [5.41, 5.74) is 11.1. The van der Waals surface area contributed by atoms with Gasteiger partial charge in [0, 0.05) is 12.1 Å². The highest BCUT2D eigenvalue weighted by Gasteiger charge is 2.19. The first-order valence-corrected chi connectivity index (χ1v) is 15.3. The van der Waals surface area contributed by atoms with Crippen LogP contribution in [-0.4, -0.2) is 9.55 Å². The Morgan fingerprint density at radius 3 is 1.60 bits per heavy atom. The molecule has 0 unspecified atom stereocenters. The molecule has 7 aromatic rings. The Labute approximate surface area is 252 Å². The summed E-state index contributed by atoms with van der Waals surface area (Å²) in [6.07, 6.45) is 7.50. The maximum absolute atomic E-state index is 4.98. The Morgan fingerprint density at radius 1 is 0.558 bits per heavy atom. The molecule has 1 aromatic heterocycles. The van der Waals surface area contributed by atoms with Gasteiger partial charge >= 0.3 is 0 Å². The van der Waals surface area contributed by atoms with E-state index in [9.17, 15) is 0 Å². The van der Waals surface area contributed by atoms with Crippen LogP contribution in [0, 0.1) is 0 Å². The van der Waals surface area contributed by atoms with Crippen LogP contribution in [0.3, 0.4) is 0 Å². The lowest BCUT2D eigenvalue weighted by molar-refractivity contribution is 0.884. The van der Waals surface area contributed by atoms with Gasteiger partial charge in [-0.15, -0.1) is 0 Å². The third kappa shape index (κ3) is 4.30. The van der Waals surface area contributed by atoms with Gasteiger partial charge in [0.15, 0.2) is 0 Å². The van der Waals surface area contributed by atoms with Gasteiger partial charge in [0.05, 0.1) is 11.4 Å². The van der Waals surface area contributed by atoms with Crippen molar-refractivity contribution >= 4 is 27.6 Å². The van der Waals surface area contributed by atoms with Crippen molar-refractivity contribution in [2.45, 2.75) is 26.2 Å². The zero-order valence-electron chi connectivity index (χ0n) is 24.3. The van der Waals surface area contributed by atoms with E-state index in [2.05, 4.69) is 151 Å². The van der Waals surface area contributed by atoms with Crippen LogP contribution in [-0.2, 0) is 12.8 Å². The van der Waals surface area contributed by atoms with Crippen molar-refractivity contribution in [2.75, 3.05) is 0 Å². The van der Waals surface area contributed by atoms with Crippen LogP contribution in [0.2, 0.25) is 0 Å². The van der Waals surface area contributed by atoms with Crippen LogP contribution in [0.1, 0.15) is 30.6 Å². The lowest BCUT2D eigenvalue weighted by atomic mass is 9.85. The molecule has 0 saturated carbocycles. The average Bonchev–Trinajstić information content (AvgIpc) is 3.47. The van der Waals surface area contributed by atoms with Crippen molar-refractivity contribution in [3.05, 3.63) is 151 Å². The number of aryl methyl sites for hydroxylation is 2. The number of allylic oxidation sites excluding steroid dienone is 1. The van der Waals surface area contributed by atoms with Crippen LogP contribution in [0.4, 0.5) is 0 Å². The zero-order chi connectivity index (χ0) is 28.8. The monoisotopic (exact) mass is 552 g/mol. The van der Waals surface area contributed by atoms with Crippen molar-refractivity contribution in [1.29, 1.82) is 0 Å². The quantitative estimate of drug-likeness (QED) is 0.194. The Balaban J connectivity index is 1.29. The van der Waals surface area contributed by atoms with Crippen molar-refractivity contribution in [3.63, 3.8) is 0 Å². The van der Waals surface area contributed by atoms with Gasteiger partial charge in [-0.2, -0.15) is 0 Å². The predicted molar refractivity (Wildman–Crippen MR) is 182 cm³/mol. The number of hydrogen-bond acceptors (Lipinski definition) is 1. The Kier molecular flexibility index (Phi) is 6.26. The van der Waals surface area contributed by atoms with Crippen LogP contribution < -0.4 is 0 Å². The fraction of sp³-hybridized carbons (Fsp3) is 0.0976. The lowest BCUT2D eigenvalue weighted by Gasteiger charge is -2.18. The first-order valence-electron chi connectivity index (χ1n) is 15.3. The molecule has 0 amide bonds. The molecule has 0 N–H and O–H groups in total. The number of fused-ring (bicyclic) bond motifs is 3. The maximum Gasteiger partial charge on any atom is 0.113 e. The van der Waals surface area contributed by atoms with Gasteiger partial charge < -0.3 is 0 Å². The van der Waals surface area contributed by atoms with Gasteiger partial charge in [-0.3, -0.25) is 4.57 Å². The van der Waals surface area contributed by atoms with E-state index in [1.165, 1.54) is 72.0 Å². The zero-order valence-corrected chi connectivity index (χ0v) is 24.3. The SMILES string of the molecule is CCc1nc2c(n1-c1ccc(-c3c4ccccc4c(-c4ccc(-c5ccccc5)cc4)c4ccccc34)cc1)C=CCC2. The van der Waals surface area contributed by atoms with Gasteiger partial charge in [-0.25, -0.2) is 4.98 Å². The first kappa shape index (κ1) is 25.5. The molecule has 2 heteroatoms. The van der Waals surface area contributed by atoms with Crippen molar-refractivity contribution in [1.82, 2.24) is 9.55 Å². The second-order valence-corrected chi connectivity index (χ2v) is 11.3. The molecule has 0 saturated heterocycles. The molecular formula is C41H32N2. The summed E-state index contributed by atoms with van der Waals surface area (Å²) < 4.78 is 2.34. The molecule has 1 heterocycles. The first-order chi connectivity index (χ1) is 21.3. The van der Waals surface area contributed by atoms with Crippen molar-refractivity contribution in [3.8, 4) is 39.1 Å². The topological polar surface area (TPSA) is 17.8 Å². The minimum atomic E-state index is 0.908. The van der Waals surface area contributed by atoms with Gasteiger partial charge in [0.2, 0.25) is 0 Å². The number of aromatic nitrogens is 2. The summed E-state index contributed by atoms with van der Waals surface area (Å²) in [6, 6.07) is 46.5. The standard InChI is InChI=1S/C41H32N2/c1-2-39-42-37-18-10-11-19-38(37)43(39)32-26-24-31(25-27-32)41-35-16-8-6-14-33(35)40(34-15-7-9-17-36(34)41)30-22-20-29(21-23-30)28-12-4-3-5-13-28/h3-9,11-17,19-27H,2,10,18H2,1H3. The van der Waals surface area contributed by atoms with Crippen LogP contribution >= 0.6 is 0 Å². The van der Waals surface area contributed by atoms with E-state index in [0.29, 0.717) is 0 Å². The van der Waals surface area contributed by atoms with E-state index in [4.69, 9.17) is 4.98 Å². The minimum Gasteiger partial charge on any atom is -0.297 e.